The number of guanidine groups is 1. The smallest absolute Gasteiger partial charge is 0.317 e. The fourth-order valence-corrected chi connectivity index (χ4v) is 0. The van der Waals surface area contributed by atoms with E-state index in [9.17, 15) is 4.79 Å². The molecule has 0 spiro atoms. The third kappa shape index (κ3) is 256. The Bertz CT molecular complexity index is 103. The average Bonchev–Trinajstić information content (AvgIpc) is 1.65. The molecule has 0 aromatic heterocycles. The number of rotatable bonds is 1. The third-order valence-corrected chi connectivity index (χ3v) is 0.175. The summed E-state index contributed by atoms with van der Waals surface area (Å²) in [5.74, 6) is -1.30. The lowest BCUT2D eigenvalue weighted by Gasteiger charge is -1.73. The van der Waals surface area contributed by atoms with E-state index in [-0.39, 0.29) is 24.9 Å². The number of carbonyl (C=O) groups is 1. The number of carboxylic acids is 1. The SMILES string of the molecule is Cl.N=C(N)N.NCC(=O)O. The van der Waals surface area contributed by atoms with E-state index in [0.29, 0.717) is 0 Å². The first-order chi connectivity index (χ1) is 4.00. The molecule has 0 aromatic rings. The van der Waals surface area contributed by atoms with Crippen LogP contribution in [-0.2, 0) is 4.79 Å². The van der Waals surface area contributed by atoms with Crippen LogP contribution in [-0.4, -0.2) is 23.6 Å². The zero-order valence-electron chi connectivity index (χ0n) is 5.20. The molecule has 6 nitrogen and oxygen atoms in total. The number of halogens is 1. The summed E-state index contributed by atoms with van der Waals surface area (Å²) in [6.45, 7) is -0.278. The van der Waals surface area contributed by atoms with Crippen LogP contribution in [0.25, 0.3) is 0 Å². The van der Waals surface area contributed by atoms with Crippen LogP contribution < -0.4 is 17.2 Å². The van der Waals surface area contributed by atoms with Gasteiger partial charge in [-0.25, -0.2) is 0 Å². The van der Waals surface area contributed by atoms with E-state index in [2.05, 4.69) is 17.2 Å². The fourth-order valence-electron chi connectivity index (χ4n) is 0. The second-order valence-electron chi connectivity index (χ2n) is 1.05. The number of hydrogen-bond donors (Lipinski definition) is 5. The summed E-state index contributed by atoms with van der Waals surface area (Å²) in [6.07, 6.45) is 0. The molecular formula is C3H11ClN4O2. The number of nitrogens with one attached hydrogen (secondary N) is 1. The number of carboxylic acid groups (broad SMARTS) is 1. The Morgan fingerprint density at radius 1 is 1.50 bits per heavy atom. The van der Waals surface area contributed by atoms with Gasteiger partial charge < -0.3 is 22.3 Å². The van der Waals surface area contributed by atoms with Crippen LogP contribution >= 0.6 is 12.4 Å². The maximum atomic E-state index is 9.24. The largest absolute Gasteiger partial charge is 0.480 e. The standard InChI is InChI=1S/C2H5NO2.CH5N3.ClH/c3-1-2(4)5;2-1(3)4;/h1,3H2,(H,4,5);(H5,2,3,4);1H. The van der Waals surface area contributed by atoms with Crippen molar-refractivity contribution in [1.29, 1.82) is 5.41 Å². The van der Waals surface area contributed by atoms with Crippen molar-refractivity contribution >= 4 is 24.3 Å². The van der Waals surface area contributed by atoms with Gasteiger partial charge in [0, 0.05) is 0 Å². The van der Waals surface area contributed by atoms with Crippen LogP contribution in [0.4, 0.5) is 0 Å². The van der Waals surface area contributed by atoms with Crippen molar-refractivity contribution in [2.45, 2.75) is 0 Å². The van der Waals surface area contributed by atoms with Gasteiger partial charge in [0.2, 0.25) is 0 Å². The molecule has 0 unspecified atom stereocenters. The summed E-state index contributed by atoms with van der Waals surface area (Å²) < 4.78 is 0. The average molecular weight is 171 g/mol. The van der Waals surface area contributed by atoms with Crippen molar-refractivity contribution < 1.29 is 9.90 Å². The van der Waals surface area contributed by atoms with Crippen molar-refractivity contribution in [2.24, 2.45) is 17.2 Å². The first-order valence-corrected chi connectivity index (χ1v) is 2.02. The van der Waals surface area contributed by atoms with Crippen LogP contribution in [0.3, 0.4) is 0 Å². The van der Waals surface area contributed by atoms with E-state index in [0.717, 1.165) is 0 Å². The van der Waals surface area contributed by atoms with Crippen LogP contribution in [0, 0.1) is 5.41 Å². The molecule has 0 amide bonds. The van der Waals surface area contributed by atoms with Gasteiger partial charge in [-0.1, -0.05) is 0 Å². The molecule has 0 radical (unpaired) electrons. The highest BCUT2D eigenvalue weighted by molar-refractivity contribution is 5.85. The van der Waals surface area contributed by atoms with Gasteiger partial charge in [-0.15, -0.1) is 12.4 Å². The molecule has 0 aromatic carbocycles. The number of nitrogens with two attached hydrogens (primary N) is 3. The predicted octanol–water partition coefficient (Wildman–Crippen LogP) is -1.71. The van der Waals surface area contributed by atoms with Crippen LogP contribution in [0.1, 0.15) is 0 Å². The molecule has 0 heterocycles. The van der Waals surface area contributed by atoms with E-state index >= 15 is 0 Å². The second kappa shape index (κ2) is 10.9. The molecule has 0 saturated heterocycles. The molecule has 0 fully saturated rings. The van der Waals surface area contributed by atoms with Gasteiger partial charge in [0.15, 0.2) is 5.96 Å². The first-order valence-electron chi connectivity index (χ1n) is 2.02. The van der Waals surface area contributed by atoms with E-state index in [1.807, 2.05) is 0 Å². The molecule has 0 bridgehead atoms. The molecule has 0 saturated carbocycles. The lowest BCUT2D eigenvalue weighted by atomic mass is 10.7. The second-order valence-corrected chi connectivity index (χ2v) is 1.05. The lowest BCUT2D eigenvalue weighted by Crippen LogP contribution is -2.20. The minimum atomic E-state index is -0.968. The molecule has 8 N–H and O–H groups in total. The highest BCUT2D eigenvalue weighted by atomic mass is 35.5. The van der Waals surface area contributed by atoms with Crippen molar-refractivity contribution in [2.75, 3.05) is 6.54 Å². The normalized spacial score (nSPS) is 6.10. The predicted molar refractivity (Wildman–Crippen MR) is 40.0 cm³/mol. The maximum absolute atomic E-state index is 9.24. The molecule has 10 heavy (non-hydrogen) atoms. The summed E-state index contributed by atoms with van der Waals surface area (Å²) in [5, 5.41) is 13.7. The van der Waals surface area contributed by atoms with Gasteiger partial charge in [0.05, 0.1) is 6.54 Å². The summed E-state index contributed by atoms with van der Waals surface area (Å²) in [6, 6.07) is 0. The van der Waals surface area contributed by atoms with Crippen LogP contribution in [0.2, 0.25) is 0 Å². The minimum absolute atomic E-state index is 0. The van der Waals surface area contributed by atoms with Crippen molar-refractivity contribution in [3.05, 3.63) is 0 Å². The van der Waals surface area contributed by atoms with Crippen molar-refractivity contribution in [3.8, 4) is 0 Å². The van der Waals surface area contributed by atoms with E-state index < -0.39 is 5.97 Å². The molecule has 0 rings (SSSR count). The molecule has 62 valence electrons. The lowest BCUT2D eigenvalue weighted by molar-refractivity contribution is -0.135. The quantitative estimate of drug-likeness (QED) is 0.236. The summed E-state index contributed by atoms with van der Waals surface area (Å²) in [4.78, 5) is 9.24. The molecular weight excluding hydrogens is 160 g/mol. The number of aliphatic carboxylic acids is 1. The molecule has 0 aliphatic carbocycles. The highest BCUT2D eigenvalue weighted by Gasteiger charge is 1.81. The maximum Gasteiger partial charge on any atom is 0.317 e. The van der Waals surface area contributed by atoms with Crippen molar-refractivity contribution in [3.63, 3.8) is 0 Å². The van der Waals surface area contributed by atoms with Crippen molar-refractivity contribution in [1.82, 2.24) is 0 Å². The Balaban J connectivity index is -0.0000000910. The van der Waals surface area contributed by atoms with E-state index in [1.54, 1.807) is 0 Å². The molecule has 0 aliphatic heterocycles. The van der Waals surface area contributed by atoms with E-state index in [1.165, 1.54) is 0 Å². The Morgan fingerprint density at radius 3 is 1.60 bits per heavy atom. The third-order valence-electron chi connectivity index (χ3n) is 0.175. The molecule has 7 heteroatoms. The fraction of sp³-hybridized carbons (Fsp3) is 0.333. The Hall–Kier alpha value is -1.01. The van der Waals surface area contributed by atoms with Gasteiger partial charge in [-0.3, -0.25) is 10.2 Å². The molecule has 0 aliphatic rings. The van der Waals surface area contributed by atoms with Gasteiger partial charge >= 0.3 is 5.97 Å². The monoisotopic (exact) mass is 170 g/mol. The van der Waals surface area contributed by atoms with Gasteiger partial charge in [-0.2, -0.15) is 0 Å². The summed E-state index contributed by atoms with van der Waals surface area (Å²) in [7, 11) is 0. The summed E-state index contributed by atoms with van der Waals surface area (Å²) in [5.41, 5.74) is 13.5. The first kappa shape index (κ1) is 16.0. The topological polar surface area (TPSA) is 139 Å². The van der Waals surface area contributed by atoms with Crippen LogP contribution in [0.5, 0.6) is 0 Å². The Labute approximate surface area is 64.3 Å². The Kier molecular flexibility index (Phi) is 17.4. The van der Waals surface area contributed by atoms with Crippen LogP contribution in [0.15, 0.2) is 0 Å². The highest BCUT2D eigenvalue weighted by Crippen LogP contribution is 1.43. The minimum Gasteiger partial charge on any atom is -0.480 e. The van der Waals surface area contributed by atoms with Gasteiger partial charge in [0.1, 0.15) is 0 Å². The van der Waals surface area contributed by atoms with Gasteiger partial charge in [0.25, 0.3) is 0 Å². The summed E-state index contributed by atoms with van der Waals surface area (Å²) >= 11 is 0. The zero-order valence-corrected chi connectivity index (χ0v) is 6.02. The zero-order chi connectivity index (χ0) is 7.86. The van der Waals surface area contributed by atoms with Gasteiger partial charge in [-0.05, 0) is 0 Å². The Morgan fingerprint density at radius 2 is 1.60 bits per heavy atom. The van der Waals surface area contributed by atoms with E-state index in [4.69, 9.17) is 10.5 Å². The molecule has 0 atom stereocenters. The number of hydrogen-bond acceptors (Lipinski definition) is 3.